The summed E-state index contributed by atoms with van der Waals surface area (Å²) < 4.78 is 1.04. The molecule has 1 nitrogen and oxygen atoms in total. The van der Waals surface area contributed by atoms with Gasteiger partial charge in [-0.25, -0.2) is 0 Å². The van der Waals surface area contributed by atoms with Gasteiger partial charge in [-0.15, -0.1) is 0 Å². The smallest absolute Gasteiger partial charge is 0.0516 e. The van der Waals surface area contributed by atoms with E-state index in [0.717, 1.165) is 15.6 Å². The molecule has 2 N–H and O–H groups in total. The molecular formula is C10H12BrN. The van der Waals surface area contributed by atoms with Crippen molar-refractivity contribution in [3.8, 4) is 0 Å². The maximum Gasteiger partial charge on any atom is 0.0516 e. The lowest BCUT2D eigenvalue weighted by Gasteiger charge is -2.12. The summed E-state index contributed by atoms with van der Waals surface area (Å²) in [5.74, 6) is 0. The summed E-state index contributed by atoms with van der Waals surface area (Å²) in [4.78, 5) is 0. The minimum atomic E-state index is -0.0689. The fourth-order valence-electron chi connectivity index (χ4n) is 0.993. The van der Waals surface area contributed by atoms with E-state index in [-0.39, 0.29) is 6.04 Å². The van der Waals surface area contributed by atoms with Crippen LogP contribution in [0.5, 0.6) is 0 Å². The van der Waals surface area contributed by atoms with Gasteiger partial charge in [-0.3, -0.25) is 0 Å². The first-order valence-corrected chi connectivity index (χ1v) is 4.57. The van der Waals surface area contributed by atoms with Crippen LogP contribution in [0.3, 0.4) is 0 Å². The average Bonchev–Trinajstić information content (AvgIpc) is 2.04. The van der Waals surface area contributed by atoms with Gasteiger partial charge in [-0.1, -0.05) is 46.3 Å². The highest BCUT2D eigenvalue weighted by Gasteiger charge is 2.08. The Morgan fingerprint density at radius 2 is 2.08 bits per heavy atom. The molecule has 0 spiro atoms. The summed E-state index contributed by atoms with van der Waals surface area (Å²) in [6.45, 7) is 5.76. The van der Waals surface area contributed by atoms with Crippen LogP contribution in [0.4, 0.5) is 0 Å². The molecule has 1 rings (SSSR count). The Bertz CT molecular complexity index is 294. The Labute approximate surface area is 81.4 Å². The number of nitrogens with two attached hydrogens (primary N) is 1. The molecule has 64 valence electrons. The SMILES string of the molecule is C=C(C)C(N)c1ccccc1Br. The van der Waals surface area contributed by atoms with Gasteiger partial charge in [0.25, 0.3) is 0 Å². The van der Waals surface area contributed by atoms with Crippen LogP contribution in [0, 0.1) is 0 Å². The van der Waals surface area contributed by atoms with Crippen LogP contribution in [0.2, 0.25) is 0 Å². The summed E-state index contributed by atoms with van der Waals surface area (Å²) in [6.07, 6.45) is 0. The Morgan fingerprint density at radius 3 is 2.58 bits per heavy atom. The lowest BCUT2D eigenvalue weighted by molar-refractivity contribution is 0.845. The van der Waals surface area contributed by atoms with E-state index in [4.69, 9.17) is 5.73 Å². The third-order valence-corrected chi connectivity index (χ3v) is 2.49. The van der Waals surface area contributed by atoms with Crippen molar-refractivity contribution in [2.75, 3.05) is 0 Å². The molecule has 1 unspecified atom stereocenters. The fourth-order valence-corrected chi connectivity index (χ4v) is 1.52. The third kappa shape index (κ3) is 1.96. The summed E-state index contributed by atoms with van der Waals surface area (Å²) in [7, 11) is 0. The monoisotopic (exact) mass is 225 g/mol. The number of halogens is 1. The average molecular weight is 226 g/mol. The molecule has 0 aliphatic rings. The van der Waals surface area contributed by atoms with Crippen molar-refractivity contribution in [1.29, 1.82) is 0 Å². The molecule has 1 aromatic rings. The van der Waals surface area contributed by atoms with Gasteiger partial charge in [0.1, 0.15) is 0 Å². The van der Waals surface area contributed by atoms with E-state index in [1.165, 1.54) is 0 Å². The molecule has 1 atom stereocenters. The second-order valence-corrected chi connectivity index (χ2v) is 3.70. The Hall–Kier alpha value is -0.600. The van der Waals surface area contributed by atoms with Crippen molar-refractivity contribution in [3.63, 3.8) is 0 Å². The molecule has 0 heterocycles. The predicted octanol–water partition coefficient (Wildman–Crippen LogP) is 3.03. The molecule has 0 aliphatic carbocycles. The maximum atomic E-state index is 5.91. The van der Waals surface area contributed by atoms with Crippen LogP contribution < -0.4 is 5.73 Å². The molecule has 0 fully saturated rings. The van der Waals surface area contributed by atoms with Crippen molar-refractivity contribution in [1.82, 2.24) is 0 Å². The van der Waals surface area contributed by atoms with Crippen LogP contribution in [0.15, 0.2) is 40.9 Å². The highest BCUT2D eigenvalue weighted by atomic mass is 79.9. The van der Waals surface area contributed by atoms with Gasteiger partial charge >= 0.3 is 0 Å². The summed E-state index contributed by atoms with van der Waals surface area (Å²) in [5.41, 5.74) is 7.97. The van der Waals surface area contributed by atoms with E-state index < -0.39 is 0 Å². The largest absolute Gasteiger partial charge is 0.321 e. The Kier molecular flexibility index (Phi) is 3.06. The summed E-state index contributed by atoms with van der Waals surface area (Å²) >= 11 is 3.44. The summed E-state index contributed by atoms with van der Waals surface area (Å²) in [6, 6.07) is 7.86. The van der Waals surface area contributed by atoms with E-state index in [0.29, 0.717) is 0 Å². The van der Waals surface area contributed by atoms with Crippen molar-refractivity contribution in [3.05, 3.63) is 46.5 Å². The van der Waals surface area contributed by atoms with Gasteiger partial charge in [-0.2, -0.15) is 0 Å². The second-order valence-electron chi connectivity index (χ2n) is 2.85. The fraction of sp³-hybridized carbons (Fsp3) is 0.200. The Balaban J connectivity index is 3.02. The van der Waals surface area contributed by atoms with Crippen molar-refractivity contribution in [2.24, 2.45) is 5.73 Å². The van der Waals surface area contributed by atoms with Gasteiger partial charge in [0, 0.05) is 4.47 Å². The lowest BCUT2D eigenvalue weighted by Crippen LogP contribution is -2.11. The zero-order chi connectivity index (χ0) is 9.14. The van der Waals surface area contributed by atoms with Gasteiger partial charge in [0.05, 0.1) is 6.04 Å². The first kappa shape index (κ1) is 9.49. The van der Waals surface area contributed by atoms with Crippen molar-refractivity contribution in [2.45, 2.75) is 13.0 Å². The van der Waals surface area contributed by atoms with Crippen LogP contribution in [0.25, 0.3) is 0 Å². The van der Waals surface area contributed by atoms with Gasteiger partial charge < -0.3 is 5.73 Å². The van der Waals surface area contributed by atoms with Gasteiger partial charge in [0.2, 0.25) is 0 Å². The van der Waals surface area contributed by atoms with Crippen molar-refractivity contribution >= 4 is 15.9 Å². The molecule has 0 radical (unpaired) electrons. The zero-order valence-electron chi connectivity index (χ0n) is 7.05. The van der Waals surface area contributed by atoms with E-state index >= 15 is 0 Å². The molecule has 1 aromatic carbocycles. The first-order valence-electron chi connectivity index (χ1n) is 3.78. The minimum Gasteiger partial charge on any atom is -0.321 e. The van der Waals surface area contributed by atoms with E-state index in [1.54, 1.807) is 0 Å². The lowest BCUT2D eigenvalue weighted by atomic mass is 10.0. The molecule has 12 heavy (non-hydrogen) atoms. The quantitative estimate of drug-likeness (QED) is 0.770. The van der Waals surface area contributed by atoms with Crippen LogP contribution in [-0.4, -0.2) is 0 Å². The standard InChI is InChI=1S/C10H12BrN/c1-7(2)10(12)8-5-3-4-6-9(8)11/h3-6,10H,1,12H2,2H3. The third-order valence-electron chi connectivity index (χ3n) is 1.77. The highest BCUT2D eigenvalue weighted by Crippen LogP contribution is 2.24. The maximum absolute atomic E-state index is 5.91. The predicted molar refractivity (Wildman–Crippen MR) is 55.9 cm³/mol. The van der Waals surface area contributed by atoms with Crippen LogP contribution in [-0.2, 0) is 0 Å². The number of benzene rings is 1. The van der Waals surface area contributed by atoms with Crippen LogP contribution in [0.1, 0.15) is 18.5 Å². The molecule has 0 aliphatic heterocycles. The molecule has 2 heteroatoms. The van der Waals surface area contributed by atoms with Crippen molar-refractivity contribution < 1.29 is 0 Å². The molecule has 0 amide bonds. The van der Waals surface area contributed by atoms with E-state index in [1.807, 2.05) is 31.2 Å². The number of hydrogen-bond donors (Lipinski definition) is 1. The number of rotatable bonds is 2. The van der Waals surface area contributed by atoms with Gasteiger partial charge in [0.15, 0.2) is 0 Å². The second kappa shape index (κ2) is 3.87. The summed E-state index contributed by atoms with van der Waals surface area (Å²) in [5, 5.41) is 0. The molecular weight excluding hydrogens is 214 g/mol. The topological polar surface area (TPSA) is 26.0 Å². The molecule has 0 bridgehead atoms. The van der Waals surface area contributed by atoms with Crippen LogP contribution >= 0.6 is 15.9 Å². The highest BCUT2D eigenvalue weighted by molar-refractivity contribution is 9.10. The molecule has 0 aromatic heterocycles. The Morgan fingerprint density at radius 1 is 1.50 bits per heavy atom. The molecule has 0 saturated carbocycles. The minimum absolute atomic E-state index is 0.0689. The number of hydrogen-bond acceptors (Lipinski definition) is 1. The normalized spacial score (nSPS) is 12.6. The van der Waals surface area contributed by atoms with E-state index in [2.05, 4.69) is 22.5 Å². The van der Waals surface area contributed by atoms with E-state index in [9.17, 15) is 0 Å². The molecule has 0 saturated heterocycles. The van der Waals surface area contributed by atoms with Gasteiger partial charge in [-0.05, 0) is 18.6 Å². The first-order chi connectivity index (χ1) is 5.63. The zero-order valence-corrected chi connectivity index (χ0v) is 8.64.